The van der Waals surface area contributed by atoms with Crippen LogP contribution in [-0.2, 0) is 18.4 Å². The van der Waals surface area contributed by atoms with Crippen LogP contribution >= 0.6 is 11.6 Å². The molecule has 2 aromatic rings. The van der Waals surface area contributed by atoms with E-state index in [2.05, 4.69) is 15.5 Å². The fraction of sp³-hybridized carbons (Fsp3) is 0.462. The number of nitrogens with zero attached hydrogens (tertiary/aromatic N) is 4. The highest BCUT2D eigenvalue weighted by Crippen LogP contribution is 2.15. The molecule has 20 heavy (non-hydrogen) atoms. The number of rotatable bonds is 5. The molecule has 1 N–H and O–H groups in total. The van der Waals surface area contributed by atoms with Gasteiger partial charge in [-0.25, -0.2) is 0 Å². The first-order chi connectivity index (χ1) is 9.51. The number of hydrogen-bond acceptors (Lipinski definition) is 3. The molecule has 0 bridgehead atoms. The molecule has 0 aromatic carbocycles. The zero-order valence-electron chi connectivity index (χ0n) is 11.8. The minimum Gasteiger partial charge on any atom is -0.346 e. The highest BCUT2D eigenvalue weighted by atomic mass is 35.5. The lowest BCUT2D eigenvalue weighted by Gasteiger charge is -2.17. The second-order valence-electron chi connectivity index (χ2n) is 4.67. The van der Waals surface area contributed by atoms with Gasteiger partial charge in [0.1, 0.15) is 6.54 Å². The van der Waals surface area contributed by atoms with Crippen molar-refractivity contribution in [3.63, 3.8) is 0 Å². The summed E-state index contributed by atoms with van der Waals surface area (Å²) in [5.74, 6) is -0.0998. The van der Waals surface area contributed by atoms with Crippen molar-refractivity contribution in [3.8, 4) is 0 Å². The van der Waals surface area contributed by atoms with Crippen LogP contribution in [0, 0.1) is 6.92 Å². The Bertz CT molecular complexity index is 584. The maximum absolute atomic E-state index is 12.1. The Kier molecular flexibility index (Phi) is 4.44. The van der Waals surface area contributed by atoms with Crippen molar-refractivity contribution in [2.24, 2.45) is 7.05 Å². The topological polar surface area (TPSA) is 64.7 Å². The Balaban J connectivity index is 2.01. The highest BCUT2D eigenvalue weighted by Gasteiger charge is 2.16. The largest absolute Gasteiger partial charge is 0.346 e. The molecule has 1 amide bonds. The highest BCUT2D eigenvalue weighted by molar-refractivity contribution is 6.31. The molecule has 7 heteroatoms. The summed E-state index contributed by atoms with van der Waals surface area (Å²) in [6, 6.07) is 1.85. The van der Waals surface area contributed by atoms with E-state index < -0.39 is 0 Å². The van der Waals surface area contributed by atoms with Crippen molar-refractivity contribution >= 4 is 17.5 Å². The molecule has 2 aromatic heterocycles. The average molecular weight is 296 g/mol. The van der Waals surface area contributed by atoms with Gasteiger partial charge in [-0.1, -0.05) is 18.5 Å². The monoisotopic (exact) mass is 295 g/mol. The Labute approximate surface area is 122 Å². The van der Waals surface area contributed by atoms with Gasteiger partial charge in [0.05, 0.1) is 22.5 Å². The van der Waals surface area contributed by atoms with Crippen LogP contribution < -0.4 is 5.32 Å². The zero-order valence-corrected chi connectivity index (χ0v) is 12.6. The smallest absolute Gasteiger partial charge is 0.242 e. The van der Waals surface area contributed by atoms with Crippen molar-refractivity contribution in [2.45, 2.75) is 32.9 Å². The van der Waals surface area contributed by atoms with Crippen molar-refractivity contribution in [2.75, 3.05) is 0 Å². The van der Waals surface area contributed by atoms with Gasteiger partial charge in [-0.05, 0) is 19.4 Å². The van der Waals surface area contributed by atoms with Crippen LogP contribution in [0.3, 0.4) is 0 Å². The normalized spacial score (nSPS) is 12.4. The maximum Gasteiger partial charge on any atom is 0.242 e. The number of aryl methyl sites for hydroxylation is 2. The number of hydrogen-bond donors (Lipinski definition) is 1. The summed E-state index contributed by atoms with van der Waals surface area (Å²) in [6.45, 7) is 3.98. The summed E-state index contributed by atoms with van der Waals surface area (Å²) in [5.41, 5.74) is 1.70. The molecular formula is C13H18ClN5O. The molecule has 0 saturated carbocycles. The average Bonchev–Trinajstić information content (AvgIpc) is 2.93. The predicted octanol–water partition coefficient (Wildman–Crippen LogP) is 1.85. The van der Waals surface area contributed by atoms with Crippen LogP contribution in [0.1, 0.15) is 30.8 Å². The van der Waals surface area contributed by atoms with Gasteiger partial charge in [0.2, 0.25) is 5.91 Å². The minimum absolute atomic E-state index is 0.0536. The molecule has 0 fully saturated rings. The first-order valence-electron chi connectivity index (χ1n) is 6.48. The first-order valence-corrected chi connectivity index (χ1v) is 6.86. The van der Waals surface area contributed by atoms with Crippen molar-refractivity contribution in [1.29, 1.82) is 0 Å². The second kappa shape index (κ2) is 6.09. The lowest BCUT2D eigenvalue weighted by Crippen LogP contribution is -2.32. The van der Waals surface area contributed by atoms with E-state index in [0.717, 1.165) is 17.8 Å². The standard InChI is InChI=1S/C13H18ClN5O/c1-4-11(12-5-6-15-18(12)3)16-13(20)8-19-7-10(14)9(2)17-19/h5-7,11H,4,8H2,1-3H3,(H,16,20). The summed E-state index contributed by atoms with van der Waals surface area (Å²) in [6.07, 6.45) is 4.17. The molecule has 0 radical (unpaired) electrons. The van der Waals surface area contributed by atoms with E-state index in [1.165, 1.54) is 0 Å². The van der Waals surface area contributed by atoms with Gasteiger partial charge in [0.15, 0.2) is 0 Å². The number of halogens is 1. The van der Waals surface area contributed by atoms with Gasteiger partial charge >= 0.3 is 0 Å². The molecule has 0 spiro atoms. The molecule has 0 saturated heterocycles. The Morgan fingerprint density at radius 2 is 2.30 bits per heavy atom. The molecule has 2 rings (SSSR count). The summed E-state index contributed by atoms with van der Waals surface area (Å²) in [5, 5.41) is 11.8. The Morgan fingerprint density at radius 1 is 1.55 bits per heavy atom. The SMILES string of the molecule is CCC(NC(=O)Cn1cc(Cl)c(C)n1)c1ccnn1C. The van der Waals surface area contributed by atoms with E-state index in [1.54, 1.807) is 28.7 Å². The van der Waals surface area contributed by atoms with Gasteiger partial charge in [-0.3, -0.25) is 14.2 Å². The van der Waals surface area contributed by atoms with Crippen LogP contribution in [0.2, 0.25) is 5.02 Å². The third kappa shape index (κ3) is 3.19. The third-order valence-corrected chi connectivity index (χ3v) is 3.52. The summed E-state index contributed by atoms with van der Waals surface area (Å²) in [7, 11) is 1.86. The van der Waals surface area contributed by atoms with Crippen LogP contribution in [0.25, 0.3) is 0 Å². The number of amides is 1. The lowest BCUT2D eigenvalue weighted by atomic mass is 10.1. The molecule has 1 atom stereocenters. The maximum atomic E-state index is 12.1. The molecule has 108 valence electrons. The third-order valence-electron chi connectivity index (χ3n) is 3.15. The van der Waals surface area contributed by atoms with E-state index in [0.29, 0.717) is 5.02 Å². The molecule has 0 aliphatic rings. The van der Waals surface area contributed by atoms with Gasteiger partial charge in [-0.2, -0.15) is 10.2 Å². The molecule has 1 unspecified atom stereocenters. The molecule has 0 aliphatic heterocycles. The predicted molar refractivity (Wildman–Crippen MR) is 76.4 cm³/mol. The fourth-order valence-electron chi connectivity index (χ4n) is 2.07. The number of carbonyl (C=O) groups excluding carboxylic acids is 1. The molecule has 2 heterocycles. The van der Waals surface area contributed by atoms with Crippen molar-refractivity contribution in [1.82, 2.24) is 24.9 Å². The number of aromatic nitrogens is 4. The van der Waals surface area contributed by atoms with E-state index in [1.807, 2.05) is 20.0 Å². The van der Waals surface area contributed by atoms with Gasteiger partial charge in [0, 0.05) is 19.4 Å². The zero-order chi connectivity index (χ0) is 14.7. The van der Waals surface area contributed by atoms with E-state index >= 15 is 0 Å². The van der Waals surface area contributed by atoms with E-state index in [-0.39, 0.29) is 18.5 Å². The summed E-state index contributed by atoms with van der Waals surface area (Å²) in [4.78, 5) is 12.1. The quantitative estimate of drug-likeness (QED) is 0.915. The molecular weight excluding hydrogens is 278 g/mol. The van der Waals surface area contributed by atoms with Crippen molar-refractivity contribution < 1.29 is 4.79 Å². The van der Waals surface area contributed by atoms with Gasteiger partial charge < -0.3 is 5.32 Å². The summed E-state index contributed by atoms with van der Waals surface area (Å²) >= 11 is 5.92. The number of nitrogens with one attached hydrogen (secondary N) is 1. The molecule has 6 nitrogen and oxygen atoms in total. The van der Waals surface area contributed by atoms with Gasteiger partial charge in [-0.15, -0.1) is 0 Å². The van der Waals surface area contributed by atoms with E-state index in [9.17, 15) is 4.79 Å². The van der Waals surface area contributed by atoms with Crippen LogP contribution in [0.4, 0.5) is 0 Å². The Hall–Kier alpha value is -1.82. The van der Waals surface area contributed by atoms with Crippen molar-refractivity contribution in [3.05, 3.63) is 34.9 Å². The Morgan fingerprint density at radius 3 is 2.80 bits per heavy atom. The van der Waals surface area contributed by atoms with Crippen LogP contribution in [-0.4, -0.2) is 25.5 Å². The summed E-state index contributed by atoms with van der Waals surface area (Å²) < 4.78 is 3.31. The van der Waals surface area contributed by atoms with Crippen LogP contribution in [0.5, 0.6) is 0 Å². The van der Waals surface area contributed by atoms with E-state index in [4.69, 9.17) is 11.6 Å². The lowest BCUT2D eigenvalue weighted by molar-refractivity contribution is -0.122. The first kappa shape index (κ1) is 14.6. The van der Waals surface area contributed by atoms with Gasteiger partial charge in [0.25, 0.3) is 0 Å². The fourth-order valence-corrected chi connectivity index (χ4v) is 2.22. The number of carbonyl (C=O) groups is 1. The minimum atomic E-state index is -0.0998. The van der Waals surface area contributed by atoms with Crippen LogP contribution in [0.15, 0.2) is 18.5 Å². The molecule has 0 aliphatic carbocycles. The second-order valence-corrected chi connectivity index (χ2v) is 5.08.